The number of ketones is 5. The largest absolute Gasteiger partial charge is 0.507 e. The summed E-state index contributed by atoms with van der Waals surface area (Å²) < 4.78 is 92.5. The van der Waals surface area contributed by atoms with Crippen LogP contribution < -0.4 is 20.7 Å². The van der Waals surface area contributed by atoms with Gasteiger partial charge in [0.25, 0.3) is 0 Å². The highest BCUT2D eigenvalue weighted by Gasteiger charge is 2.51. The number of carboxylic acid groups (broad SMARTS) is 1. The van der Waals surface area contributed by atoms with Crippen molar-refractivity contribution in [2.45, 2.75) is 133 Å². The number of rotatable bonds is 60. The number of carbonyl (C=O) groups excluding carboxylic acids is 10. The van der Waals surface area contributed by atoms with Gasteiger partial charge < -0.3 is 127 Å². The van der Waals surface area contributed by atoms with Crippen molar-refractivity contribution in [3.8, 4) is 17.2 Å². The van der Waals surface area contributed by atoms with Crippen molar-refractivity contribution in [3.63, 3.8) is 0 Å². The molecule has 0 radical (unpaired) electrons. The van der Waals surface area contributed by atoms with E-state index in [9.17, 15) is 78.3 Å². The minimum atomic E-state index is -2.40. The van der Waals surface area contributed by atoms with Crippen LogP contribution in [-0.4, -0.2) is 323 Å². The summed E-state index contributed by atoms with van der Waals surface area (Å²) in [5, 5.41) is 73.6. The average Bonchev–Trinajstić information content (AvgIpc) is 0.711. The molecule has 1 heterocycles. The summed E-state index contributed by atoms with van der Waals surface area (Å²) in [6.45, 7) is 5.98. The fraction of sp³-hybridized carbons (Fsp3) is 0.681. The highest BCUT2D eigenvalue weighted by atomic mass is 16.7. The first-order valence-electron chi connectivity index (χ1n) is 36.0. The highest BCUT2D eigenvalue weighted by Crippen LogP contribution is 2.52. The van der Waals surface area contributed by atoms with Gasteiger partial charge in [0.05, 0.1) is 194 Å². The summed E-state index contributed by atoms with van der Waals surface area (Å²) in [7, 11) is 2.80. The van der Waals surface area contributed by atoms with Gasteiger partial charge in [-0.2, -0.15) is 0 Å². The van der Waals surface area contributed by atoms with Crippen molar-refractivity contribution >= 4 is 64.7 Å². The van der Waals surface area contributed by atoms with Crippen LogP contribution >= 0.6 is 0 Å². The molecule has 1 aliphatic heterocycles. The van der Waals surface area contributed by atoms with Crippen molar-refractivity contribution in [3.05, 3.63) is 51.6 Å². The van der Waals surface area contributed by atoms with Crippen LogP contribution in [0, 0.1) is 0 Å². The van der Waals surface area contributed by atoms with Crippen LogP contribution in [-0.2, 0) is 125 Å². The number of aliphatic carboxylic acids is 1. The molecule has 2 aromatic rings. The number of esters is 4. The first-order chi connectivity index (χ1) is 52.4. The number of phenolic OH excluding ortho intramolecular Hbond substituents is 2. The van der Waals surface area contributed by atoms with E-state index >= 15 is 0 Å². The fourth-order valence-corrected chi connectivity index (χ4v) is 11.3. The normalized spacial score (nSPS) is 18.5. The molecule has 0 aromatic heterocycles. The zero-order chi connectivity index (χ0) is 79.5. The van der Waals surface area contributed by atoms with Crippen molar-refractivity contribution < 1.29 is 164 Å². The molecule has 1 fully saturated rings. The Hall–Kier alpha value is -7.67. The topological polar surface area (TPSA) is 502 Å². The molecule has 37 heteroatoms. The number of Topliss-reactive ketones (excluding diaryl/α,β-unsaturated/α-hetero) is 3. The van der Waals surface area contributed by atoms with Gasteiger partial charge in [-0.25, -0.2) is 0 Å². The van der Waals surface area contributed by atoms with Gasteiger partial charge in [0, 0.05) is 61.6 Å². The third kappa shape index (κ3) is 32.3. The molecule has 1 saturated heterocycles. The number of hydrogen-bond acceptors (Lipinski definition) is 35. The van der Waals surface area contributed by atoms with Gasteiger partial charge in [0.2, 0.25) is 11.7 Å². The maximum absolute atomic E-state index is 14.1. The first-order valence-corrected chi connectivity index (χ1v) is 36.0. The van der Waals surface area contributed by atoms with Crippen LogP contribution in [0.15, 0.2) is 18.2 Å². The van der Waals surface area contributed by atoms with Crippen LogP contribution in [0.2, 0.25) is 0 Å². The molecular formula is C72H105N3O34. The number of nitrogens with one attached hydrogen (secondary N) is 3. The molecule has 5 rings (SSSR count). The van der Waals surface area contributed by atoms with Crippen LogP contribution in [0.4, 0.5) is 0 Å². The van der Waals surface area contributed by atoms with Gasteiger partial charge in [-0.3, -0.25) is 53.3 Å². The molecule has 9 N–H and O–H groups in total. The Morgan fingerprint density at radius 1 is 0.587 bits per heavy atom. The van der Waals surface area contributed by atoms with Crippen molar-refractivity contribution in [2.24, 2.45) is 0 Å². The lowest BCUT2D eigenvalue weighted by atomic mass is 9.72. The molecule has 2 aromatic carbocycles. The molecule has 109 heavy (non-hydrogen) atoms. The summed E-state index contributed by atoms with van der Waals surface area (Å²) in [5.74, 6) is -9.03. The SMILES string of the molecule is CNC(CCC(=O)NC1CC(O[C@H]2C[C@](O)(C(=O)CO)Cc3c(O)c4c(c(O)c32)C(=O)c2c(OC)cccc2C4=O)OC(C)C1O)C(=O)OCCOCCOCCOCCOCCOCCOC(=O)CCC(=O)CNC(CCC(=O)O)C(=O)OCCOCCOCCOCCOCCOCCOC(=O)CCC(C)=O. The zero-order valence-electron chi connectivity index (χ0n) is 62.1. The summed E-state index contributed by atoms with van der Waals surface area (Å²) in [6, 6.07) is 1.22. The molecule has 0 spiro atoms. The Balaban J connectivity index is 0.823. The van der Waals surface area contributed by atoms with E-state index in [-0.39, 0.29) is 217 Å². The number of carboxylic acids is 1. The minimum Gasteiger partial charge on any atom is -0.507 e. The molecule has 37 nitrogen and oxygen atoms in total. The monoisotopic (exact) mass is 1560 g/mol. The molecule has 8 atom stereocenters. The van der Waals surface area contributed by atoms with Crippen LogP contribution in [0.25, 0.3) is 0 Å². The molecule has 0 bridgehead atoms. The van der Waals surface area contributed by atoms with Gasteiger partial charge in [0.15, 0.2) is 17.9 Å². The van der Waals surface area contributed by atoms with E-state index in [4.69, 9.17) is 85.6 Å². The molecule has 3 aliphatic rings. The smallest absolute Gasteiger partial charge is 0.323 e. The van der Waals surface area contributed by atoms with Crippen molar-refractivity contribution in [1.29, 1.82) is 0 Å². The predicted octanol–water partition coefficient (Wildman–Crippen LogP) is -0.593. The third-order valence-corrected chi connectivity index (χ3v) is 17.1. The van der Waals surface area contributed by atoms with Crippen LogP contribution in [0.5, 0.6) is 17.2 Å². The second-order valence-electron chi connectivity index (χ2n) is 25.1. The van der Waals surface area contributed by atoms with Gasteiger partial charge >= 0.3 is 29.8 Å². The van der Waals surface area contributed by atoms with Crippen LogP contribution in [0.1, 0.15) is 127 Å². The molecule has 612 valence electrons. The standard InChI is InChI=1S/C72H105N3O34/c1-45(77)8-14-58(83)104-36-32-100-28-24-96-20-16-95-19-23-99-27-31-103-35-39-107-71(91)51(11-13-57(81)82)74-43-47(78)9-15-59(84)105-37-33-101-29-25-97-21-17-94-18-22-98-26-30-102-34-38-106-70(90)50(73-3)10-12-56(80)75-52-40-60(108-46(2)65(52)85)109-54-42-72(92,55(79)44-76)41-49-62(54)69(89)64-63(67(49)87)66(86)48-6-5-7-53(93-4)61(48)68(64)88/h5-7,46,50-52,54,60,65,73-74,76,85,87,89,92H,8-44H2,1-4H3,(H,75,80)(H,81,82)/t46?,50?,51?,52?,54-,60?,65?,72-/m0/s1. The van der Waals surface area contributed by atoms with E-state index in [0.29, 0.717) is 39.6 Å². The number of ether oxygens (including phenoxy) is 17. The number of aromatic hydroxyl groups is 2. The highest BCUT2D eigenvalue weighted by molar-refractivity contribution is 6.31. The predicted molar refractivity (Wildman–Crippen MR) is 373 cm³/mol. The van der Waals surface area contributed by atoms with E-state index in [2.05, 4.69) is 16.0 Å². The van der Waals surface area contributed by atoms with E-state index in [1.165, 1.54) is 46.2 Å². The van der Waals surface area contributed by atoms with Gasteiger partial charge in [-0.05, 0) is 39.8 Å². The second kappa shape index (κ2) is 51.0. The number of benzene rings is 2. The molecule has 0 saturated carbocycles. The molecular weight excluding hydrogens is 1450 g/mol. The summed E-state index contributed by atoms with van der Waals surface area (Å²) in [5.41, 5.74) is -4.36. The zero-order valence-corrected chi connectivity index (χ0v) is 62.1. The Bertz CT molecular complexity index is 3240. The quantitative estimate of drug-likeness (QED) is 0.0148. The lowest BCUT2D eigenvalue weighted by Gasteiger charge is -2.43. The number of phenols is 2. The second-order valence-corrected chi connectivity index (χ2v) is 25.1. The summed E-state index contributed by atoms with van der Waals surface area (Å²) >= 11 is 0. The Morgan fingerprint density at radius 2 is 1.05 bits per heavy atom. The van der Waals surface area contributed by atoms with E-state index in [1.807, 2.05) is 0 Å². The number of hydrogen-bond donors (Lipinski definition) is 9. The van der Waals surface area contributed by atoms with E-state index in [1.54, 1.807) is 0 Å². The minimum absolute atomic E-state index is 0.0158. The lowest BCUT2D eigenvalue weighted by Crippen LogP contribution is -2.56. The number of methoxy groups -OCH3 is 1. The van der Waals surface area contributed by atoms with Crippen molar-refractivity contribution in [2.75, 3.05) is 186 Å². The Kier molecular flexibility index (Phi) is 43.0. The number of carbonyl (C=O) groups is 11. The van der Waals surface area contributed by atoms with E-state index < -0.39 is 149 Å². The molecule has 6 unspecified atom stereocenters. The molecule has 1 amide bonds. The Morgan fingerprint density at radius 3 is 1.51 bits per heavy atom. The first kappa shape index (κ1) is 91.9. The summed E-state index contributed by atoms with van der Waals surface area (Å²) in [6.07, 6.45) is -7.65. The number of amides is 1. The maximum atomic E-state index is 14.1. The van der Waals surface area contributed by atoms with Gasteiger partial charge in [-0.1, -0.05) is 12.1 Å². The number of aliphatic hydroxyl groups is 3. The van der Waals surface area contributed by atoms with Gasteiger partial charge in [0.1, 0.15) is 85.6 Å². The fourth-order valence-electron chi connectivity index (χ4n) is 11.3. The third-order valence-electron chi connectivity index (χ3n) is 17.1. The number of aliphatic hydroxyl groups excluding tert-OH is 2. The van der Waals surface area contributed by atoms with Crippen molar-refractivity contribution in [1.82, 2.24) is 16.0 Å². The van der Waals surface area contributed by atoms with Gasteiger partial charge in [-0.15, -0.1) is 0 Å². The number of fused-ring (bicyclic) bond motifs is 3. The molecule has 2 aliphatic carbocycles. The van der Waals surface area contributed by atoms with Crippen LogP contribution in [0.3, 0.4) is 0 Å². The maximum Gasteiger partial charge on any atom is 0.323 e. The average molecular weight is 1560 g/mol. The van der Waals surface area contributed by atoms with E-state index in [0.717, 1.165) is 0 Å². The Labute approximate surface area is 629 Å². The summed E-state index contributed by atoms with van der Waals surface area (Å²) in [4.78, 5) is 138. The number of likely N-dealkylation sites (N-methyl/N-ethyl adjacent to an activating group) is 1. The lowest BCUT2D eigenvalue weighted by molar-refractivity contribution is -0.249.